The predicted octanol–water partition coefficient (Wildman–Crippen LogP) is 4.95. The van der Waals surface area contributed by atoms with Gasteiger partial charge >= 0.3 is 0 Å². The van der Waals surface area contributed by atoms with Crippen molar-refractivity contribution in [2.45, 2.75) is 45.5 Å². The number of hydrogen-bond donors (Lipinski definition) is 1. The average Bonchev–Trinajstić information content (AvgIpc) is 3.12. The number of nitrogens with zero attached hydrogens (tertiary/aromatic N) is 3. The van der Waals surface area contributed by atoms with Crippen LogP contribution in [0, 0.1) is 11.7 Å². The van der Waals surface area contributed by atoms with Crippen molar-refractivity contribution in [1.29, 1.82) is 0 Å². The Kier molecular flexibility index (Phi) is 8.06. The number of ether oxygens (including phenoxy) is 1. The number of rotatable bonds is 10. The quantitative estimate of drug-likeness (QED) is 0.450. The summed E-state index contributed by atoms with van der Waals surface area (Å²) in [6, 6.07) is 13.8. The summed E-state index contributed by atoms with van der Waals surface area (Å²) in [5.74, 6) is 1.38. The number of amides is 1. The van der Waals surface area contributed by atoms with Crippen molar-refractivity contribution in [3.8, 4) is 5.75 Å². The fraction of sp³-hybridized carbons (Fsp3) is 0.348. The molecule has 0 fully saturated rings. The molecule has 3 aromatic rings. The summed E-state index contributed by atoms with van der Waals surface area (Å²) in [5, 5.41) is 11.9. The highest BCUT2D eigenvalue weighted by atomic mass is 32.2. The van der Waals surface area contributed by atoms with Gasteiger partial charge in [-0.25, -0.2) is 4.39 Å². The second-order valence-corrected chi connectivity index (χ2v) is 8.48. The Morgan fingerprint density at radius 3 is 2.65 bits per heavy atom. The van der Waals surface area contributed by atoms with Gasteiger partial charge < -0.3 is 14.6 Å². The van der Waals surface area contributed by atoms with E-state index in [1.807, 2.05) is 28.8 Å². The summed E-state index contributed by atoms with van der Waals surface area (Å²) in [4.78, 5) is 12.3. The van der Waals surface area contributed by atoms with Crippen molar-refractivity contribution in [2.24, 2.45) is 5.92 Å². The van der Waals surface area contributed by atoms with Crippen LogP contribution >= 0.6 is 11.8 Å². The number of nitrogens with one attached hydrogen (secondary N) is 1. The Bertz CT molecular complexity index is 1010. The van der Waals surface area contributed by atoms with Crippen LogP contribution in [0.5, 0.6) is 5.75 Å². The van der Waals surface area contributed by atoms with Crippen LogP contribution in [0.2, 0.25) is 0 Å². The van der Waals surface area contributed by atoms with Crippen molar-refractivity contribution in [3.05, 3.63) is 65.7 Å². The van der Waals surface area contributed by atoms with E-state index in [4.69, 9.17) is 4.74 Å². The third kappa shape index (κ3) is 6.82. The van der Waals surface area contributed by atoms with Crippen LogP contribution in [-0.2, 0) is 24.4 Å². The second kappa shape index (κ2) is 10.9. The monoisotopic (exact) mass is 442 g/mol. The van der Waals surface area contributed by atoms with Gasteiger partial charge in [-0.2, -0.15) is 0 Å². The van der Waals surface area contributed by atoms with Gasteiger partial charge in [0.05, 0.1) is 5.75 Å². The number of carbonyl (C=O) groups excluding carboxylic acids is 1. The van der Waals surface area contributed by atoms with E-state index in [-0.39, 0.29) is 11.7 Å². The Hall–Kier alpha value is -2.87. The number of benzene rings is 2. The van der Waals surface area contributed by atoms with Gasteiger partial charge in [0.15, 0.2) is 11.0 Å². The lowest BCUT2D eigenvalue weighted by molar-refractivity contribution is -0.113. The molecule has 0 aliphatic rings. The molecule has 0 spiro atoms. The van der Waals surface area contributed by atoms with Crippen molar-refractivity contribution < 1.29 is 13.9 Å². The summed E-state index contributed by atoms with van der Waals surface area (Å²) in [6.45, 7) is 7.34. The van der Waals surface area contributed by atoms with Gasteiger partial charge in [-0.15, -0.1) is 10.2 Å². The first-order chi connectivity index (χ1) is 14.9. The number of anilines is 1. The Labute approximate surface area is 186 Å². The maximum Gasteiger partial charge on any atom is 0.234 e. The molecule has 0 bridgehead atoms. The maximum absolute atomic E-state index is 13.3. The number of carbonyl (C=O) groups is 1. The van der Waals surface area contributed by atoms with Gasteiger partial charge in [-0.05, 0) is 48.2 Å². The van der Waals surface area contributed by atoms with E-state index in [9.17, 15) is 9.18 Å². The highest BCUT2D eigenvalue weighted by Gasteiger charge is 2.16. The molecule has 1 amide bonds. The molecule has 0 radical (unpaired) electrons. The SMILES string of the molecule is CCc1ccc(OCc2nnc(SCC(=O)Nc3cccc(F)c3)n2CC(C)C)cc1. The molecule has 0 aliphatic carbocycles. The number of thioether (sulfide) groups is 1. The number of hydrogen-bond acceptors (Lipinski definition) is 5. The Balaban J connectivity index is 1.63. The molecule has 0 atom stereocenters. The van der Waals surface area contributed by atoms with Crippen LogP contribution in [0.1, 0.15) is 32.2 Å². The largest absolute Gasteiger partial charge is 0.486 e. The Morgan fingerprint density at radius 2 is 1.97 bits per heavy atom. The summed E-state index contributed by atoms with van der Waals surface area (Å²) < 4.78 is 21.2. The van der Waals surface area contributed by atoms with Crippen molar-refractivity contribution in [2.75, 3.05) is 11.1 Å². The molecule has 0 aliphatic heterocycles. The highest BCUT2D eigenvalue weighted by molar-refractivity contribution is 7.99. The lowest BCUT2D eigenvalue weighted by Crippen LogP contribution is -2.16. The molecule has 6 nitrogen and oxygen atoms in total. The van der Waals surface area contributed by atoms with Crippen LogP contribution in [0.3, 0.4) is 0 Å². The lowest BCUT2D eigenvalue weighted by atomic mass is 10.2. The fourth-order valence-electron chi connectivity index (χ4n) is 2.94. The maximum atomic E-state index is 13.3. The standard InChI is InChI=1S/C23H27FN4O2S/c1-4-17-8-10-20(11-9-17)30-14-21-26-27-23(28(21)13-16(2)3)31-15-22(29)25-19-7-5-6-18(24)12-19/h5-12,16H,4,13-15H2,1-3H3,(H,25,29). The van der Waals surface area contributed by atoms with E-state index in [0.29, 0.717) is 35.7 Å². The molecule has 0 unspecified atom stereocenters. The number of halogens is 1. The molecule has 8 heteroatoms. The van der Waals surface area contributed by atoms with Crippen LogP contribution in [0.25, 0.3) is 0 Å². The normalized spacial score (nSPS) is 11.0. The topological polar surface area (TPSA) is 69.0 Å². The highest BCUT2D eigenvalue weighted by Crippen LogP contribution is 2.21. The molecule has 1 N–H and O–H groups in total. The van der Waals surface area contributed by atoms with Crippen molar-refractivity contribution in [1.82, 2.24) is 14.8 Å². The van der Waals surface area contributed by atoms with E-state index in [1.54, 1.807) is 12.1 Å². The van der Waals surface area contributed by atoms with Gasteiger partial charge in [0, 0.05) is 12.2 Å². The average molecular weight is 443 g/mol. The van der Waals surface area contributed by atoms with Crippen molar-refractivity contribution >= 4 is 23.4 Å². The first-order valence-electron chi connectivity index (χ1n) is 10.3. The third-order valence-corrected chi connectivity index (χ3v) is 5.45. The molecule has 3 rings (SSSR count). The Morgan fingerprint density at radius 1 is 1.19 bits per heavy atom. The molecular formula is C23H27FN4O2S. The minimum absolute atomic E-state index is 0.145. The lowest BCUT2D eigenvalue weighted by Gasteiger charge is -2.13. The van der Waals surface area contributed by atoms with Gasteiger partial charge in [0.2, 0.25) is 5.91 Å². The van der Waals surface area contributed by atoms with Crippen LogP contribution in [-0.4, -0.2) is 26.4 Å². The number of aromatic nitrogens is 3. The summed E-state index contributed by atoms with van der Waals surface area (Å²) >= 11 is 1.30. The molecule has 164 valence electrons. The van der Waals surface area contributed by atoms with Crippen LogP contribution in [0.4, 0.5) is 10.1 Å². The van der Waals surface area contributed by atoms with E-state index < -0.39 is 5.82 Å². The van der Waals surface area contributed by atoms with E-state index in [2.05, 4.69) is 36.3 Å². The summed E-state index contributed by atoms with van der Waals surface area (Å²) in [7, 11) is 0. The smallest absolute Gasteiger partial charge is 0.234 e. The van der Waals surface area contributed by atoms with Gasteiger partial charge in [-0.1, -0.05) is 50.7 Å². The molecular weight excluding hydrogens is 415 g/mol. The molecule has 31 heavy (non-hydrogen) atoms. The third-order valence-electron chi connectivity index (χ3n) is 4.48. The number of aryl methyl sites for hydroxylation is 1. The van der Waals surface area contributed by atoms with Crippen LogP contribution < -0.4 is 10.1 Å². The first kappa shape index (κ1) is 22.8. The zero-order valence-electron chi connectivity index (χ0n) is 18.0. The zero-order chi connectivity index (χ0) is 22.2. The molecule has 1 heterocycles. The van der Waals surface area contributed by atoms with E-state index in [1.165, 1.54) is 29.5 Å². The molecule has 2 aromatic carbocycles. The zero-order valence-corrected chi connectivity index (χ0v) is 18.8. The summed E-state index contributed by atoms with van der Waals surface area (Å²) in [6.07, 6.45) is 0.983. The second-order valence-electron chi connectivity index (χ2n) is 7.54. The van der Waals surface area contributed by atoms with Gasteiger partial charge in [0.25, 0.3) is 0 Å². The predicted molar refractivity (Wildman–Crippen MR) is 121 cm³/mol. The van der Waals surface area contributed by atoms with E-state index in [0.717, 1.165) is 12.2 Å². The minimum atomic E-state index is -0.392. The van der Waals surface area contributed by atoms with E-state index >= 15 is 0 Å². The summed E-state index contributed by atoms with van der Waals surface area (Å²) in [5.41, 5.74) is 1.68. The van der Waals surface area contributed by atoms with Crippen molar-refractivity contribution in [3.63, 3.8) is 0 Å². The first-order valence-corrected chi connectivity index (χ1v) is 11.2. The molecule has 0 saturated carbocycles. The fourth-order valence-corrected chi connectivity index (χ4v) is 3.71. The molecule has 1 aromatic heterocycles. The van der Waals surface area contributed by atoms with Gasteiger partial charge in [0.1, 0.15) is 18.2 Å². The minimum Gasteiger partial charge on any atom is -0.486 e. The van der Waals surface area contributed by atoms with Gasteiger partial charge in [-0.3, -0.25) is 4.79 Å². The molecule has 0 saturated heterocycles. The van der Waals surface area contributed by atoms with Crippen LogP contribution in [0.15, 0.2) is 53.7 Å².